The van der Waals surface area contributed by atoms with Crippen LogP contribution in [-0.4, -0.2) is 11.1 Å². The Labute approximate surface area is 113 Å². The highest BCUT2D eigenvalue weighted by Crippen LogP contribution is 2.31. The molecule has 0 amide bonds. The highest BCUT2D eigenvalue weighted by atomic mass is 35.5. The predicted octanol–water partition coefficient (Wildman–Crippen LogP) is 4.35. The second kappa shape index (κ2) is 5.29. The summed E-state index contributed by atoms with van der Waals surface area (Å²) in [6.07, 6.45) is 2.37. The van der Waals surface area contributed by atoms with E-state index in [4.69, 9.17) is 32.7 Å². The maximum atomic E-state index is 10.4. The first kappa shape index (κ1) is 12.7. The lowest BCUT2D eigenvalue weighted by Crippen LogP contribution is -1.84. The van der Waals surface area contributed by atoms with Crippen LogP contribution in [0.25, 0.3) is 17.4 Å². The first-order valence-corrected chi connectivity index (χ1v) is 5.78. The van der Waals surface area contributed by atoms with Gasteiger partial charge in [0.05, 0.1) is 5.02 Å². The summed E-state index contributed by atoms with van der Waals surface area (Å²) < 4.78 is 5.46. The van der Waals surface area contributed by atoms with Crippen molar-refractivity contribution in [3.8, 4) is 11.3 Å². The van der Waals surface area contributed by atoms with Crippen molar-refractivity contribution in [2.75, 3.05) is 0 Å². The normalized spacial score (nSPS) is 11.0. The van der Waals surface area contributed by atoms with Crippen LogP contribution in [0.5, 0.6) is 0 Å². The topological polar surface area (TPSA) is 50.4 Å². The highest BCUT2D eigenvalue weighted by molar-refractivity contribution is 6.35. The molecule has 0 radical (unpaired) electrons. The van der Waals surface area contributed by atoms with E-state index in [1.165, 1.54) is 6.08 Å². The Morgan fingerprint density at radius 1 is 1.22 bits per heavy atom. The fraction of sp³-hybridized carbons (Fsp3) is 0. The van der Waals surface area contributed by atoms with Crippen LogP contribution in [-0.2, 0) is 4.79 Å². The fourth-order valence-corrected chi connectivity index (χ4v) is 1.81. The monoisotopic (exact) mass is 282 g/mol. The molecule has 5 heteroatoms. The molecule has 0 fully saturated rings. The molecular weight excluding hydrogens is 275 g/mol. The van der Waals surface area contributed by atoms with Crippen LogP contribution in [0, 0.1) is 0 Å². The van der Waals surface area contributed by atoms with E-state index >= 15 is 0 Å². The second-order valence-corrected chi connectivity index (χ2v) is 4.34. The third kappa shape index (κ3) is 2.94. The van der Waals surface area contributed by atoms with E-state index in [0.29, 0.717) is 27.1 Å². The molecule has 0 aliphatic heterocycles. The zero-order valence-corrected chi connectivity index (χ0v) is 10.6. The summed E-state index contributed by atoms with van der Waals surface area (Å²) in [7, 11) is 0. The van der Waals surface area contributed by atoms with Gasteiger partial charge in [-0.3, -0.25) is 0 Å². The van der Waals surface area contributed by atoms with E-state index in [0.717, 1.165) is 6.08 Å². The zero-order chi connectivity index (χ0) is 13.1. The molecule has 0 aliphatic rings. The third-order valence-electron chi connectivity index (χ3n) is 2.21. The van der Waals surface area contributed by atoms with Crippen molar-refractivity contribution in [1.29, 1.82) is 0 Å². The molecule has 1 N–H and O–H groups in total. The van der Waals surface area contributed by atoms with Crippen molar-refractivity contribution in [3.63, 3.8) is 0 Å². The number of carboxylic acids is 1. The number of hydrogen-bond acceptors (Lipinski definition) is 2. The number of furan rings is 1. The summed E-state index contributed by atoms with van der Waals surface area (Å²) in [5.41, 5.74) is 0.666. The van der Waals surface area contributed by atoms with Crippen LogP contribution >= 0.6 is 23.2 Å². The number of halogens is 2. The van der Waals surface area contributed by atoms with Gasteiger partial charge >= 0.3 is 5.97 Å². The minimum absolute atomic E-state index is 0.434. The number of benzene rings is 1. The quantitative estimate of drug-likeness (QED) is 0.852. The van der Waals surface area contributed by atoms with Crippen LogP contribution in [0.2, 0.25) is 10.0 Å². The summed E-state index contributed by atoms with van der Waals surface area (Å²) in [5.74, 6) is -0.0651. The summed E-state index contributed by atoms with van der Waals surface area (Å²) in [6, 6.07) is 8.41. The van der Waals surface area contributed by atoms with Crippen LogP contribution in [0.3, 0.4) is 0 Å². The SMILES string of the molecule is O=C(O)C=Cc1ccc(-c2cc(Cl)ccc2Cl)o1. The molecule has 0 saturated carbocycles. The Bertz CT molecular complexity index is 614. The van der Waals surface area contributed by atoms with E-state index in [-0.39, 0.29) is 0 Å². The van der Waals surface area contributed by atoms with Crippen LogP contribution in [0.4, 0.5) is 0 Å². The minimum Gasteiger partial charge on any atom is -0.478 e. The van der Waals surface area contributed by atoms with Crippen molar-refractivity contribution >= 4 is 35.2 Å². The van der Waals surface area contributed by atoms with Gasteiger partial charge in [0, 0.05) is 16.7 Å². The molecule has 0 saturated heterocycles. The van der Waals surface area contributed by atoms with Crippen LogP contribution in [0.1, 0.15) is 5.76 Å². The number of rotatable bonds is 3. The molecule has 92 valence electrons. The number of carboxylic acid groups (broad SMARTS) is 1. The van der Waals surface area contributed by atoms with Gasteiger partial charge in [0.2, 0.25) is 0 Å². The number of hydrogen-bond donors (Lipinski definition) is 1. The molecule has 0 aliphatic carbocycles. The Balaban J connectivity index is 2.35. The van der Waals surface area contributed by atoms with Gasteiger partial charge < -0.3 is 9.52 Å². The largest absolute Gasteiger partial charge is 0.478 e. The van der Waals surface area contributed by atoms with Crippen molar-refractivity contribution in [2.45, 2.75) is 0 Å². The summed E-state index contributed by atoms with van der Waals surface area (Å²) in [4.78, 5) is 10.4. The van der Waals surface area contributed by atoms with Crippen molar-refractivity contribution in [2.24, 2.45) is 0 Å². The van der Waals surface area contributed by atoms with E-state index in [2.05, 4.69) is 0 Å². The molecule has 0 bridgehead atoms. The molecule has 2 aromatic rings. The molecule has 0 spiro atoms. The Hall–Kier alpha value is -1.71. The molecular formula is C13H8Cl2O3. The van der Waals surface area contributed by atoms with Crippen LogP contribution in [0.15, 0.2) is 40.8 Å². The van der Waals surface area contributed by atoms with E-state index in [9.17, 15) is 4.79 Å². The maximum Gasteiger partial charge on any atom is 0.328 e. The number of aliphatic carboxylic acids is 1. The lowest BCUT2D eigenvalue weighted by Gasteiger charge is -2.00. The molecule has 1 aromatic heterocycles. The maximum absolute atomic E-state index is 10.4. The van der Waals surface area contributed by atoms with Gasteiger partial charge in [0.15, 0.2) is 0 Å². The van der Waals surface area contributed by atoms with Gasteiger partial charge in [0.1, 0.15) is 11.5 Å². The highest BCUT2D eigenvalue weighted by Gasteiger charge is 2.08. The van der Waals surface area contributed by atoms with E-state index in [1.807, 2.05) is 0 Å². The standard InChI is InChI=1S/C13H8Cl2O3/c14-8-1-4-11(15)10(7-8)12-5-2-9(18-12)3-6-13(16)17/h1-7H,(H,16,17). The smallest absolute Gasteiger partial charge is 0.328 e. The lowest BCUT2D eigenvalue weighted by atomic mass is 10.2. The Morgan fingerprint density at radius 3 is 2.72 bits per heavy atom. The van der Waals surface area contributed by atoms with Gasteiger partial charge in [-0.25, -0.2) is 4.79 Å². The van der Waals surface area contributed by atoms with E-state index in [1.54, 1.807) is 30.3 Å². The fourth-order valence-electron chi connectivity index (χ4n) is 1.43. The summed E-state index contributed by atoms with van der Waals surface area (Å²) >= 11 is 11.9. The van der Waals surface area contributed by atoms with Crippen LogP contribution < -0.4 is 0 Å². The third-order valence-corrected chi connectivity index (χ3v) is 2.78. The molecule has 1 heterocycles. The summed E-state index contributed by atoms with van der Waals surface area (Å²) in [6.45, 7) is 0. The predicted molar refractivity (Wildman–Crippen MR) is 70.8 cm³/mol. The lowest BCUT2D eigenvalue weighted by molar-refractivity contribution is -0.131. The zero-order valence-electron chi connectivity index (χ0n) is 9.06. The first-order chi connectivity index (χ1) is 8.56. The van der Waals surface area contributed by atoms with Gasteiger partial charge in [-0.2, -0.15) is 0 Å². The number of carbonyl (C=O) groups is 1. The second-order valence-electron chi connectivity index (χ2n) is 3.50. The Morgan fingerprint density at radius 2 is 2.00 bits per heavy atom. The van der Waals surface area contributed by atoms with E-state index < -0.39 is 5.97 Å². The molecule has 3 nitrogen and oxygen atoms in total. The molecule has 1 aromatic carbocycles. The van der Waals surface area contributed by atoms with Crippen molar-refractivity contribution < 1.29 is 14.3 Å². The minimum atomic E-state index is -1.03. The average Bonchev–Trinajstić information content (AvgIpc) is 2.78. The van der Waals surface area contributed by atoms with Gasteiger partial charge in [-0.15, -0.1) is 0 Å². The van der Waals surface area contributed by atoms with Gasteiger partial charge in [-0.05, 0) is 36.4 Å². The van der Waals surface area contributed by atoms with Crippen molar-refractivity contribution in [3.05, 3.63) is 52.2 Å². The first-order valence-electron chi connectivity index (χ1n) is 5.02. The van der Waals surface area contributed by atoms with Gasteiger partial charge in [-0.1, -0.05) is 23.2 Å². The molecule has 2 rings (SSSR count). The molecule has 18 heavy (non-hydrogen) atoms. The van der Waals surface area contributed by atoms with Crippen molar-refractivity contribution in [1.82, 2.24) is 0 Å². The Kier molecular flexibility index (Phi) is 3.75. The molecule has 0 unspecified atom stereocenters. The summed E-state index contributed by atoms with van der Waals surface area (Å²) in [5, 5.41) is 9.58. The average molecular weight is 283 g/mol. The molecule has 0 atom stereocenters. The van der Waals surface area contributed by atoms with Gasteiger partial charge in [0.25, 0.3) is 0 Å².